The Morgan fingerprint density at radius 3 is 2.50 bits per heavy atom. The molecule has 3 heteroatoms. The van der Waals surface area contributed by atoms with Crippen LogP contribution < -0.4 is 5.43 Å². The Morgan fingerprint density at radius 1 is 1.17 bits per heavy atom. The fourth-order valence-electron chi connectivity index (χ4n) is 1.07. The molecule has 0 radical (unpaired) electrons. The van der Waals surface area contributed by atoms with E-state index < -0.39 is 0 Å². The number of hydrogen-bond acceptors (Lipinski definition) is 3. The number of isothiocyanates is 1. The molecule has 0 aliphatic heterocycles. The molecular weight excluding hydrogens is 168 g/mol. The summed E-state index contributed by atoms with van der Waals surface area (Å²) in [6, 6.07) is 0. The fourth-order valence-corrected chi connectivity index (χ4v) is 1.14. The molecule has 0 atom stereocenters. The summed E-state index contributed by atoms with van der Waals surface area (Å²) < 4.78 is 0. The largest absolute Gasteiger partial charge is 0.301 e. The number of hydrogen-bond donors (Lipinski definition) is 1. The molecule has 0 spiro atoms. The van der Waals surface area contributed by atoms with Gasteiger partial charge in [-0.3, -0.25) is 0 Å². The van der Waals surface area contributed by atoms with Gasteiger partial charge in [-0.05, 0) is 18.6 Å². The summed E-state index contributed by atoms with van der Waals surface area (Å²) >= 11 is 4.41. The Hall–Kier alpha value is -0.400. The van der Waals surface area contributed by atoms with Crippen LogP contribution in [0.5, 0.6) is 0 Å². The fraction of sp³-hybridized carbons (Fsp3) is 0.889. The molecule has 0 saturated carbocycles. The van der Waals surface area contributed by atoms with Gasteiger partial charge in [-0.1, -0.05) is 39.0 Å². The third-order valence-corrected chi connectivity index (χ3v) is 1.86. The molecule has 0 saturated heterocycles. The second-order valence-electron chi connectivity index (χ2n) is 2.88. The quantitative estimate of drug-likeness (QED) is 0.273. The van der Waals surface area contributed by atoms with Gasteiger partial charge in [0.15, 0.2) is 0 Å². The average molecular weight is 186 g/mol. The van der Waals surface area contributed by atoms with Crippen molar-refractivity contribution in [3.05, 3.63) is 0 Å². The number of nitrogens with zero attached hydrogens (tertiary/aromatic N) is 1. The maximum Gasteiger partial charge on any atom is 0.0843 e. The first kappa shape index (κ1) is 11.6. The maximum absolute atomic E-state index is 4.41. The number of rotatable bonds is 8. The van der Waals surface area contributed by atoms with Crippen LogP contribution in [-0.4, -0.2) is 11.7 Å². The van der Waals surface area contributed by atoms with Crippen LogP contribution in [0.25, 0.3) is 0 Å². The maximum atomic E-state index is 4.41. The molecule has 0 fully saturated rings. The zero-order valence-electron chi connectivity index (χ0n) is 7.81. The molecule has 70 valence electrons. The molecule has 0 aromatic carbocycles. The van der Waals surface area contributed by atoms with Gasteiger partial charge in [0.1, 0.15) is 0 Å². The SMILES string of the molecule is CCCCCCCCNN=C=S. The summed E-state index contributed by atoms with van der Waals surface area (Å²) in [7, 11) is 0. The van der Waals surface area contributed by atoms with Crippen LogP contribution in [0.15, 0.2) is 5.10 Å². The first-order valence-electron chi connectivity index (χ1n) is 4.71. The van der Waals surface area contributed by atoms with E-state index in [4.69, 9.17) is 0 Å². The average Bonchev–Trinajstić information content (AvgIpc) is 2.10. The lowest BCUT2D eigenvalue weighted by molar-refractivity contribution is 0.583. The minimum atomic E-state index is 0.926. The number of unbranched alkanes of at least 4 members (excludes halogenated alkanes) is 5. The number of nitrogens with one attached hydrogen (secondary N) is 1. The van der Waals surface area contributed by atoms with Gasteiger partial charge in [0.2, 0.25) is 0 Å². The smallest absolute Gasteiger partial charge is 0.0843 e. The highest BCUT2D eigenvalue weighted by Crippen LogP contribution is 2.03. The second-order valence-corrected chi connectivity index (χ2v) is 3.06. The molecular formula is C9H18N2S. The Kier molecular flexibility index (Phi) is 10.2. The molecule has 12 heavy (non-hydrogen) atoms. The van der Waals surface area contributed by atoms with Crippen LogP contribution in [0.1, 0.15) is 45.4 Å². The van der Waals surface area contributed by atoms with Gasteiger partial charge in [0.05, 0.1) is 5.16 Å². The van der Waals surface area contributed by atoms with Gasteiger partial charge in [-0.2, -0.15) is 0 Å². The first-order chi connectivity index (χ1) is 5.91. The predicted molar refractivity (Wildman–Crippen MR) is 56.4 cm³/mol. The highest BCUT2D eigenvalue weighted by Gasteiger charge is 1.88. The van der Waals surface area contributed by atoms with Crippen molar-refractivity contribution in [2.24, 2.45) is 5.10 Å². The van der Waals surface area contributed by atoms with Crippen molar-refractivity contribution in [3.63, 3.8) is 0 Å². The lowest BCUT2D eigenvalue weighted by Gasteiger charge is -1.99. The highest BCUT2D eigenvalue weighted by molar-refractivity contribution is 7.78. The van der Waals surface area contributed by atoms with Crippen molar-refractivity contribution in [2.45, 2.75) is 45.4 Å². The van der Waals surface area contributed by atoms with Gasteiger partial charge < -0.3 is 5.43 Å². The number of thiocarbonyl (C=S) groups is 1. The Morgan fingerprint density at radius 2 is 1.83 bits per heavy atom. The van der Waals surface area contributed by atoms with E-state index in [1.165, 1.54) is 38.5 Å². The van der Waals surface area contributed by atoms with E-state index >= 15 is 0 Å². The normalized spacial score (nSPS) is 9.08. The monoisotopic (exact) mass is 186 g/mol. The van der Waals surface area contributed by atoms with E-state index in [2.05, 4.69) is 34.8 Å². The Balaban J connectivity index is 2.86. The van der Waals surface area contributed by atoms with Crippen molar-refractivity contribution in [3.8, 4) is 0 Å². The third-order valence-electron chi connectivity index (χ3n) is 1.77. The standard InChI is InChI=1S/C9H18N2S/c1-2-3-4-5-6-7-8-10-11-9-12/h10H,2-8H2,1H3. The topological polar surface area (TPSA) is 24.4 Å². The third kappa shape index (κ3) is 9.60. The van der Waals surface area contributed by atoms with Crippen LogP contribution in [0.4, 0.5) is 0 Å². The molecule has 0 aliphatic carbocycles. The van der Waals surface area contributed by atoms with E-state index in [1.54, 1.807) is 0 Å². The summed E-state index contributed by atoms with van der Waals surface area (Å²) in [6.45, 7) is 3.16. The van der Waals surface area contributed by atoms with Crippen LogP contribution in [0, 0.1) is 0 Å². The zero-order chi connectivity index (χ0) is 9.07. The Bertz CT molecular complexity index is 130. The molecule has 0 bridgehead atoms. The zero-order valence-corrected chi connectivity index (χ0v) is 8.62. The minimum Gasteiger partial charge on any atom is -0.301 e. The summed E-state index contributed by atoms with van der Waals surface area (Å²) in [5.74, 6) is 0. The predicted octanol–water partition coefficient (Wildman–Crippen LogP) is 2.95. The van der Waals surface area contributed by atoms with Crippen LogP contribution in [0.3, 0.4) is 0 Å². The van der Waals surface area contributed by atoms with E-state index in [1.807, 2.05) is 0 Å². The molecule has 0 heterocycles. The van der Waals surface area contributed by atoms with Crippen LogP contribution in [-0.2, 0) is 0 Å². The molecule has 0 aliphatic rings. The molecule has 0 unspecified atom stereocenters. The van der Waals surface area contributed by atoms with Crippen LogP contribution in [0.2, 0.25) is 0 Å². The second kappa shape index (κ2) is 10.6. The molecule has 0 aromatic heterocycles. The van der Waals surface area contributed by atoms with E-state index in [-0.39, 0.29) is 0 Å². The van der Waals surface area contributed by atoms with Crippen molar-refractivity contribution in [1.29, 1.82) is 0 Å². The van der Waals surface area contributed by atoms with Crippen molar-refractivity contribution < 1.29 is 0 Å². The van der Waals surface area contributed by atoms with Gasteiger partial charge in [0, 0.05) is 6.54 Å². The Labute approximate surface area is 80.4 Å². The summed E-state index contributed by atoms with van der Waals surface area (Å²) in [5.41, 5.74) is 2.84. The number of hydrazone groups is 1. The molecule has 0 aromatic rings. The van der Waals surface area contributed by atoms with Gasteiger partial charge in [0.25, 0.3) is 0 Å². The van der Waals surface area contributed by atoms with Crippen molar-refractivity contribution >= 4 is 17.4 Å². The molecule has 0 rings (SSSR count). The highest BCUT2D eigenvalue weighted by atomic mass is 32.1. The summed E-state index contributed by atoms with van der Waals surface area (Å²) in [6.07, 6.45) is 7.87. The molecule has 0 amide bonds. The van der Waals surface area contributed by atoms with E-state index in [0.717, 1.165) is 6.54 Å². The van der Waals surface area contributed by atoms with E-state index in [0.29, 0.717) is 0 Å². The summed E-state index contributed by atoms with van der Waals surface area (Å²) in [4.78, 5) is 0. The van der Waals surface area contributed by atoms with E-state index in [9.17, 15) is 0 Å². The summed E-state index contributed by atoms with van der Waals surface area (Å²) in [5, 5.41) is 5.90. The van der Waals surface area contributed by atoms with Gasteiger partial charge in [-0.15, -0.1) is 5.10 Å². The van der Waals surface area contributed by atoms with Gasteiger partial charge in [-0.25, -0.2) is 0 Å². The van der Waals surface area contributed by atoms with Gasteiger partial charge >= 0.3 is 0 Å². The van der Waals surface area contributed by atoms with Crippen LogP contribution >= 0.6 is 12.2 Å². The minimum absolute atomic E-state index is 0.926. The lowest BCUT2D eigenvalue weighted by atomic mass is 10.1. The van der Waals surface area contributed by atoms with Crippen molar-refractivity contribution in [2.75, 3.05) is 6.54 Å². The lowest BCUT2D eigenvalue weighted by Crippen LogP contribution is -2.05. The molecule has 1 N–H and O–H groups in total. The van der Waals surface area contributed by atoms with Crippen molar-refractivity contribution in [1.82, 2.24) is 5.43 Å². The first-order valence-corrected chi connectivity index (χ1v) is 5.12. The molecule has 2 nitrogen and oxygen atoms in total.